The minimum atomic E-state index is -0.126. The van der Waals surface area contributed by atoms with E-state index in [0.717, 1.165) is 11.9 Å². The Labute approximate surface area is 94.8 Å². The average molecular weight is 262 g/mol. The van der Waals surface area contributed by atoms with Gasteiger partial charge in [0.15, 0.2) is 0 Å². The molecule has 0 amide bonds. The fraction of sp³-hybridized carbons (Fsp3) is 1.00. The summed E-state index contributed by atoms with van der Waals surface area (Å²) in [7, 11) is 0. The number of hydrogen-bond acceptors (Lipinski definition) is 2. The Hall–Kier alpha value is 0.400. The summed E-state index contributed by atoms with van der Waals surface area (Å²) in [5.41, 5.74) is 0.591. The van der Waals surface area contributed by atoms with Gasteiger partial charge in [0.25, 0.3) is 0 Å². The molecule has 0 spiro atoms. The molecule has 2 rings (SSSR count). The zero-order chi connectivity index (χ0) is 10.2. The van der Waals surface area contributed by atoms with E-state index in [4.69, 9.17) is 0 Å². The van der Waals surface area contributed by atoms with Crippen molar-refractivity contribution < 1.29 is 5.11 Å². The van der Waals surface area contributed by atoms with Crippen molar-refractivity contribution in [3.8, 4) is 0 Å². The van der Waals surface area contributed by atoms with Gasteiger partial charge in [-0.2, -0.15) is 0 Å². The SMILES string of the molecule is CC(O)C1CCN(CC2(CBr)CC2)C1. The first-order valence-electron chi connectivity index (χ1n) is 5.62. The molecule has 3 heteroatoms. The van der Waals surface area contributed by atoms with Crippen molar-refractivity contribution in [2.24, 2.45) is 11.3 Å². The molecule has 1 saturated heterocycles. The smallest absolute Gasteiger partial charge is 0.0552 e. The Morgan fingerprint density at radius 2 is 2.29 bits per heavy atom. The van der Waals surface area contributed by atoms with Gasteiger partial charge < -0.3 is 10.0 Å². The van der Waals surface area contributed by atoms with E-state index in [1.807, 2.05) is 6.92 Å². The van der Waals surface area contributed by atoms with E-state index in [1.54, 1.807) is 0 Å². The van der Waals surface area contributed by atoms with E-state index in [1.165, 1.54) is 32.4 Å². The Kier molecular flexibility index (Phi) is 3.20. The van der Waals surface area contributed by atoms with Gasteiger partial charge in [0.05, 0.1) is 6.10 Å². The fourth-order valence-corrected chi connectivity index (χ4v) is 3.12. The second-order valence-corrected chi connectivity index (χ2v) is 5.72. The third kappa shape index (κ3) is 2.31. The molecular formula is C11H20BrNO. The van der Waals surface area contributed by atoms with Gasteiger partial charge in [0, 0.05) is 18.4 Å². The minimum absolute atomic E-state index is 0.126. The van der Waals surface area contributed by atoms with Crippen LogP contribution in [-0.4, -0.2) is 41.1 Å². The third-order valence-corrected chi connectivity index (χ3v) is 4.98. The minimum Gasteiger partial charge on any atom is -0.393 e. The molecule has 2 fully saturated rings. The van der Waals surface area contributed by atoms with Crippen LogP contribution in [0.1, 0.15) is 26.2 Å². The van der Waals surface area contributed by atoms with Crippen molar-refractivity contribution >= 4 is 15.9 Å². The van der Waals surface area contributed by atoms with Crippen LogP contribution in [-0.2, 0) is 0 Å². The maximum atomic E-state index is 9.51. The fourth-order valence-electron chi connectivity index (χ4n) is 2.39. The molecule has 0 radical (unpaired) electrons. The van der Waals surface area contributed by atoms with E-state index < -0.39 is 0 Å². The summed E-state index contributed by atoms with van der Waals surface area (Å²) in [6.45, 7) is 5.45. The second kappa shape index (κ2) is 4.11. The van der Waals surface area contributed by atoms with E-state index >= 15 is 0 Å². The molecule has 14 heavy (non-hydrogen) atoms. The van der Waals surface area contributed by atoms with Gasteiger partial charge in [-0.15, -0.1) is 0 Å². The highest BCUT2D eigenvalue weighted by molar-refractivity contribution is 9.09. The van der Waals surface area contributed by atoms with Crippen LogP contribution < -0.4 is 0 Å². The largest absolute Gasteiger partial charge is 0.393 e. The number of nitrogens with zero attached hydrogens (tertiary/aromatic N) is 1. The number of aliphatic hydroxyl groups is 1. The first-order valence-corrected chi connectivity index (χ1v) is 6.74. The van der Waals surface area contributed by atoms with Gasteiger partial charge in [0.1, 0.15) is 0 Å². The van der Waals surface area contributed by atoms with E-state index in [0.29, 0.717) is 11.3 Å². The first kappa shape index (κ1) is 10.9. The molecule has 0 aromatic heterocycles. The third-order valence-electron chi connectivity index (χ3n) is 3.79. The first-order chi connectivity index (χ1) is 6.65. The van der Waals surface area contributed by atoms with Crippen LogP contribution in [0.2, 0.25) is 0 Å². The van der Waals surface area contributed by atoms with Crippen molar-refractivity contribution in [3.05, 3.63) is 0 Å². The van der Waals surface area contributed by atoms with Gasteiger partial charge >= 0.3 is 0 Å². The van der Waals surface area contributed by atoms with E-state index in [9.17, 15) is 5.11 Å². The number of hydrogen-bond donors (Lipinski definition) is 1. The van der Waals surface area contributed by atoms with Crippen molar-refractivity contribution in [2.75, 3.05) is 25.0 Å². The molecule has 82 valence electrons. The predicted molar refractivity (Wildman–Crippen MR) is 61.7 cm³/mol. The monoisotopic (exact) mass is 261 g/mol. The molecule has 1 heterocycles. The van der Waals surface area contributed by atoms with Gasteiger partial charge in [-0.05, 0) is 44.1 Å². The van der Waals surface area contributed by atoms with Crippen molar-refractivity contribution in [3.63, 3.8) is 0 Å². The number of aliphatic hydroxyl groups excluding tert-OH is 1. The second-order valence-electron chi connectivity index (χ2n) is 5.16. The van der Waals surface area contributed by atoms with Crippen molar-refractivity contribution in [2.45, 2.75) is 32.3 Å². The van der Waals surface area contributed by atoms with Crippen molar-refractivity contribution in [1.29, 1.82) is 0 Å². The summed E-state index contributed by atoms with van der Waals surface area (Å²) in [5.74, 6) is 0.515. The summed E-state index contributed by atoms with van der Waals surface area (Å²) < 4.78 is 0. The average Bonchev–Trinajstić information content (AvgIpc) is 2.75. The number of halogens is 1. The lowest BCUT2D eigenvalue weighted by Gasteiger charge is -2.22. The van der Waals surface area contributed by atoms with E-state index in [-0.39, 0.29) is 6.10 Å². The van der Waals surface area contributed by atoms with Gasteiger partial charge in [-0.1, -0.05) is 15.9 Å². The molecule has 0 bridgehead atoms. The molecule has 1 aliphatic carbocycles. The highest BCUT2D eigenvalue weighted by Gasteiger charge is 2.43. The molecule has 1 N–H and O–H groups in total. The Balaban J connectivity index is 1.79. The summed E-state index contributed by atoms with van der Waals surface area (Å²) >= 11 is 3.61. The maximum Gasteiger partial charge on any atom is 0.0552 e. The summed E-state index contributed by atoms with van der Waals surface area (Å²) in [5, 5.41) is 10.7. The van der Waals surface area contributed by atoms with Gasteiger partial charge in [0.2, 0.25) is 0 Å². The lowest BCUT2D eigenvalue weighted by Crippen LogP contribution is -2.30. The molecule has 0 aromatic carbocycles. The van der Waals surface area contributed by atoms with Crippen molar-refractivity contribution in [1.82, 2.24) is 4.90 Å². The van der Waals surface area contributed by atoms with Crippen LogP contribution >= 0.6 is 15.9 Å². The van der Waals surface area contributed by atoms with Gasteiger partial charge in [-0.25, -0.2) is 0 Å². The lowest BCUT2D eigenvalue weighted by molar-refractivity contribution is 0.125. The quantitative estimate of drug-likeness (QED) is 0.782. The molecule has 2 unspecified atom stereocenters. The standard InChI is InChI=1S/C11H20BrNO/c1-9(14)10-2-5-13(6-10)8-11(7-12)3-4-11/h9-10,14H,2-8H2,1H3. The van der Waals surface area contributed by atoms with Crippen LogP contribution in [0.4, 0.5) is 0 Å². The molecule has 2 nitrogen and oxygen atoms in total. The van der Waals surface area contributed by atoms with Crippen LogP contribution in [0.25, 0.3) is 0 Å². The number of rotatable bonds is 4. The lowest BCUT2D eigenvalue weighted by atomic mass is 10.0. The van der Waals surface area contributed by atoms with Crippen LogP contribution in [0, 0.1) is 11.3 Å². The summed E-state index contributed by atoms with van der Waals surface area (Å²) in [4.78, 5) is 2.53. The molecule has 2 atom stereocenters. The van der Waals surface area contributed by atoms with Crippen LogP contribution in [0.3, 0.4) is 0 Å². The molecular weight excluding hydrogens is 242 g/mol. The molecule has 0 aromatic rings. The highest BCUT2D eigenvalue weighted by Crippen LogP contribution is 2.48. The summed E-state index contributed by atoms with van der Waals surface area (Å²) in [6, 6.07) is 0. The highest BCUT2D eigenvalue weighted by atomic mass is 79.9. The molecule has 1 aliphatic heterocycles. The zero-order valence-corrected chi connectivity index (χ0v) is 10.5. The normalized spacial score (nSPS) is 33.2. The maximum absolute atomic E-state index is 9.51. The Morgan fingerprint density at radius 1 is 1.57 bits per heavy atom. The predicted octanol–water partition coefficient (Wildman–Crippen LogP) is 1.86. The van der Waals surface area contributed by atoms with Crippen LogP contribution in [0.5, 0.6) is 0 Å². The number of likely N-dealkylation sites (tertiary alicyclic amines) is 1. The van der Waals surface area contributed by atoms with E-state index in [2.05, 4.69) is 20.8 Å². The summed E-state index contributed by atoms with van der Waals surface area (Å²) in [6.07, 6.45) is 3.82. The Morgan fingerprint density at radius 3 is 2.71 bits per heavy atom. The van der Waals surface area contributed by atoms with Crippen LogP contribution in [0.15, 0.2) is 0 Å². The molecule has 2 aliphatic rings. The zero-order valence-electron chi connectivity index (χ0n) is 8.88. The number of alkyl halides is 1. The Bertz CT molecular complexity index is 203. The van der Waals surface area contributed by atoms with Gasteiger partial charge in [-0.3, -0.25) is 0 Å². The molecule has 1 saturated carbocycles. The topological polar surface area (TPSA) is 23.5 Å².